The van der Waals surface area contributed by atoms with Gasteiger partial charge in [-0.3, -0.25) is 4.79 Å². The maximum atomic E-state index is 12.1. The van der Waals surface area contributed by atoms with Crippen LogP contribution in [-0.2, 0) is 19.9 Å². The van der Waals surface area contributed by atoms with Crippen LogP contribution in [0.1, 0.15) is 18.5 Å². The topological polar surface area (TPSA) is 113 Å². The van der Waals surface area contributed by atoms with Crippen molar-refractivity contribution in [2.45, 2.75) is 30.0 Å². The molecule has 1 aromatic rings. The number of aromatic amines is 1. The van der Waals surface area contributed by atoms with Crippen molar-refractivity contribution in [3.8, 4) is 0 Å². The summed E-state index contributed by atoms with van der Waals surface area (Å²) in [5, 5.41) is 0. The summed E-state index contributed by atoms with van der Waals surface area (Å²) >= 11 is 0.630. The molecule has 0 aliphatic carbocycles. The van der Waals surface area contributed by atoms with Gasteiger partial charge in [0.15, 0.2) is 4.21 Å². The Bertz CT molecular complexity index is 714. The van der Waals surface area contributed by atoms with Gasteiger partial charge >= 0.3 is 4.87 Å². The minimum atomic E-state index is -3.76. The molecule has 1 aliphatic heterocycles. The van der Waals surface area contributed by atoms with Gasteiger partial charge in [-0.2, -0.15) is 0 Å². The van der Waals surface area contributed by atoms with Gasteiger partial charge in [-0.1, -0.05) is 11.3 Å². The van der Waals surface area contributed by atoms with E-state index in [9.17, 15) is 21.6 Å². The molecule has 19 heavy (non-hydrogen) atoms. The van der Waals surface area contributed by atoms with Crippen molar-refractivity contribution in [3.05, 3.63) is 15.4 Å². The summed E-state index contributed by atoms with van der Waals surface area (Å²) in [6.45, 7) is 1.51. The molecule has 0 spiro atoms. The SMILES string of the molecule is Cc1[nH]c(=O)sc1S(=O)(=O)NC1CCS(=O)(=O)CC1. The molecule has 0 aromatic carbocycles. The molecule has 1 aromatic heterocycles. The van der Waals surface area contributed by atoms with Gasteiger partial charge in [0.1, 0.15) is 9.84 Å². The molecule has 2 heterocycles. The van der Waals surface area contributed by atoms with Crippen molar-refractivity contribution in [1.82, 2.24) is 9.71 Å². The third-order valence-corrected chi connectivity index (χ3v) is 7.74. The third-order valence-electron chi connectivity index (χ3n) is 2.90. The number of sulfonamides is 1. The lowest BCUT2D eigenvalue weighted by Gasteiger charge is -2.22. The van der Waals surface area contributed by atoms with Crippen LogP contribution in [0.15, 0.2) is 9.00 Å². The van der Waals surface area contributed by atoms with Gasteiger partial charge in [0, 0.05) is 11.7 Å². The average Bonchev–Trinajstić information content (AvgIpc) is 2.62. The monoisotopic (exact) mass is 326 g/mol. The predicted octanol–water partition coefficient (Wildman–Crippen LogP) is -0.400. The zero-order chi connectivity index (χ0) is 14.3. The fourth-order valence-electron chi connectivity index (χ4n) is 1.93. The molecule has 0 saturated carbocycles. The van der Waals surface area contributed by atoms with Gasteiger partial charge in [-0.05, 0) is 19.8 Å². The molecule has 1 fully saturated rings. The Kier molecular flexibility index (Phi) is 3.87. The van der Waals surface area contributed by atoms with Crippen molar-refractivity contribution in [1.29, 1.82) is 0 Å². The van der Waals surface area contributed by atoms with Crippen molar-refractivity contribution in [2.24, 2.45) is 0 Å². The third kappa shape index (κ3) is 3.44. The maximum Gasteiger partial charge on any atom is 0.305 e. The highest BCUT2D eigenvalue weighted by Crippen LogP contribution is 2.19. The van der Waals surface area contributed by atoms with Gasteiger partial charge < -0.3 is 4.98 Å². The lowest BCUT2D eigenvalue weighted by Crippen LogP contribution is -2.40. The highest BCUT2D eigenvalue weighted by atomic mass is 32.2. The van der Waals surface area contributed by atoms with Crippen LogP contribution in [0.3, 0.4) is 0 Å². The number of thiazole rings is 1. The van der Waals surface area contributed by atoms with Crippen molar-refractivity contribution >= 4 is 31.2 Å². The lowest BCUT2D eigenvalue weighted by molar-refractivity contribution is 0.506. The standard InChI is InChI=1S/C9H14N2O5S3/c1-6-8(17-9(12)10-6)19(15,16)11-7-2-4-18(13,14)5-3-7/h7,11H,2-5H2,1H3,(H,10,12). The Morgan fingerprint density at radius 2 is 1.89 bits per heavy atom. The fraction of sp³-hybridized carbons (Fsp3) is 0.667. The maximum absolute atomic E-state index is 12.1. The molecule has 0 bridgehead atoms. The van der Waals surface area contributed by atoms with E-state index in [2.05, 4.69) is 9.71 Å². The number of sulfone groups is 1. The number of aromatic nitrogens is 1. The van der Waals surface area contributed by atoms with Crippen LogP contribution < -0.4 is 9.60 Å². The Morgan fingerprint density at radius 1 is 1.32 bits per heavy atom. The number of H-pyrrole nitrogens is 1. The van der Waals surface area contributed by atoms with E-state index in [0.717, 1.165) is 0 Å². The number of hydrogen-bond acceptors (Lipinski definition) is 6. The highest BCUT2D eigenvalue weighted by Gasteiger charge is 2.29. The first-order valence-corrected chi connectivity index (χ1v) is 9.74. The van der Waals surface area contributed by atoms with Gasteiger partial charge in [-0.25, -0.2) is 21.6 Å². The van der Waals surface area contributed by atoms with Crippen molar-refractivity contribution in [2.75, 3.05) is 11.5 Å². The molecular weight excluding hydrogens is 312 g/mol. The van der Waals surface area contributed by atoms with E-state index in [1.807, 2.05) is 0 Å². The van der Waals surface area contributed by atoms with E-state index >= 15 is 0 Å². The number of rotatable bonds is 3. The Labute approximate surface area is 115 Å². The molecule has 0 amide bonds. The lowest BCUT2D eigenvalue weighted by atomic mass is 10.2. The molecule has 7 nitrogen and oxygen atoms in total. The second kappa shape index (κ2) is 5.00. The number of nitrogens with one attached hydrogen (secondary N) is 2. The molecule has 10 heteroatoms. The predicted molar refractivity (Wildman–Crippen MR) is 71.7 cm³/mol. The molecule has 1 saturated heterocycles. The second-order valence-electron chi connectivity index (χ2n) is 4.47. The molecule has 1 aliphatic rings. The summed E-state index contributed by atoms with van der Waals surface area (Å²) in [6, 6.07) is -0.398. The smallest absolute Gasteiger partial charge is 0.305 e. The Balaban J connectivity index is 2.15. The molecule has 0 unspecified atom stereocenters. The summed E-state index contributed by atoms with van der Waals surface area (Å²) in [7, 11) is -6.79. The van der Waals surface area contributed by atoms with Crippen LogP contribution in [0.5, 0.6) is 0 Å². The summed E-state index contributed by atoms with van der Waals surface area (Å²) in [4.78, 5) is 13.1. The van der Waals surface area contributed by atoms with Gasteiger partial charge in [0.05, 0.1) is 11.5 Å². The van der Waals surface area contributed by atoms with Crippen LogP contribution in [-0.4, -0.2) is 39.4 Å². The largest absolute Gasteiger partial charge is 0.315 e. The van der Waals surface area contributed by atoms with E-state index in [4.69, 9.17) is 0 Å². The molecule has 2 N–H and O–H groups in total. The van der Waals surface area contributed by atoms with Crippen LogP contribution in [0.4, 0.5) is 0 Å². The minimum absolute atomic E-state index is 0.0114. The Hall–Kier alpha value is -0.710. The average molecular weight is 326 g/mol. The highest BCUT2D eigenvalue weighted by molar-refractivity contribution is 7.92. The summed E-state index contributed by atoms with van der Waals surface area (Å²) in [5.41, 5.74) is 0.297. The summed E-state index contributed by atoms with van der Waals surface area (Å²) in [6.07, 6.45) is 0.528. The minimum Gasteiger partial charge on any atom is -0.315 e. The molecule has 108 valence electrons. The van der Waals surface area contributed by atoms with Gasteiger partial charge in [-0.15, -0.1) is 0 Å². The first kappa shape index (κ1) is 14.7. The number of hydrogen-bond donors (Lipinski definition) is 2. The normalized spacial score (nSPS) is 20.5. The van der Waals surface area contributed by atoms with E-state index in [1.54, 1.807) is 0 Å². The Morgan fingerprint density at radius 3 is 2.37 bits per heavy atom. The summed E-state index contributed by atoms with van der Waals surface area (Å²) in [5.74, 6) is -0.0227. The van der Waals surface area contributed by atoms with Crippen molar-refractivity contribution < 1.29 is 16.8 Å². The van der Waals surface area contributed by atoms with E-state index < -0.39 is 30.8 Å². The van der Waals surface area contributed by atoms with E-state index in [0.29, 0.717) is 17.0 Å². The number of aryl methyl sites for hydroxylation is 1. The first-order chi connectivity index (χ1) is 8.70. The van der Waals surface area contributed by atoms with E-state index in [-0.39, 0.29) is 28.6 Å². The fourth-order valence-corrected chi connectivity index (χ4v) is 6.04. The van der Waals surface area contributed by atoms with Crippen LogP contribution in [0.25, 0.3) is 0 Å². The van der Waals surface area contributed by atoms with E-state index in [1.165, 1.54) is 6.92 Å². The molecular formula is C9H14N2O5S3. The van der Waals surface area contributed by atoms with Gasteiger partial charge in [0.25, 0.3) is 10.0 Å². The van der Waals surface area contributed by atoms with Crippen LogP contribution in [0.2, 0.25) is 0 Å². The molecule has 0 radical (unpaired) electrons. The zero-order valence-corrected chi connectivity index (χ0v) is 12.6. The molecule has 0 atom stereocenters. The van der Waals surface area contributed by atoms with Crippen LogP contribution in [0, 0.1) is 6.92 Å². The first-order valence-electron chi connectivity index (χ1n) is 5.62. The van der Waals surface area contributed by atoms with Crippen LogP contribution >= 0.6 is 11.3 Å². The van der Waals surface area contributed by atoms with Gasteiger partial charge in [0.2, 0.25) is 0 Å². The second-order valence-corrected chi connectivity index (χ2v) is 9.67. The summed E-state index contributed by atoms with van der Waals surface area (Å²) < 4.78 is 49.1. The quantitative estimate of drug-likeness (QED) is 0.785. The zero-order valence-electron chi connectivity index (χ0n) is 10.2. The van der Waals surface area contributed by atoms with Crippen molar-refractivity contribution in [3.63, 3.8) is 0 Å². The molecule has 2 rings (SSSR count).